The van der Waals surface area contributed by atoms with E-state index in [9.17, 15) is 28.4 Å². The van der Waals surface area contributed by atoms with Crippen LogP contribution < -0.4 is 15.6 Å². The fraction of sp³-hybridized carbons (Fsp3) is 0.391. The summed E-state index contributed by atoms with van der Waals surface area (Å²) in [7, 11) is -2.23. The number of pyridine rings is 1. The molecule has 1 fully saturated rings. The van der Waals surface area contributed by atoms with E-state index in [4.69, 9.17) is 4.74 Å². The Morgan fingerprint density at radius 3 is 2.59 bits per heavy atom. The summed E-state index contributed by atoms with van der Waals surface area (Å²) in [4.78, 5) is 28.2. The number of sulfonamides is 1. The Balaban J connectivity index is 1.68. The third kappa shape index (κ3) is 5.29. The highest BCUT2D eigenvalue weighted by Gasteiger charge is 2.40. The number of ether oxygens (including phenoxy) is 1. The van der Waals surface area contributed by atoms with Crippen LogP contribution in [0.25, 0.3) is 10.9 Å². The van der Waals surface area contributed by atoms with Gasteiger partial charge in [-0.05, 0) is 43.2 Å². The SMILES string of the molecule is COCCNS(=O)(=O)c1ccc(Nc2nn(C3(CC#N)CCN(C(=O)O)CC3)c3cc[nH]c(=O)c23)cc1. The van der Waals surface area contributed by atoms with Gasteiger partial charge in [0.15, 0.2) is 5.82 Å². The van der Waals surface area contributed by atoms with Gasteiger partial charge in [-0.3, -0.25) is 9.48 Å². The van der Waals surface area contributed by atoms with Gasteiger partial charge in [0.25, 0.3) is 5.56 Å². The van der Waals surface area contributed by atoms with Gasteiger partial charge in [0, 0.05) is 38.6 Å². The van der Waals surface area contributed by atoms with Crippen LogP contribution in [-0.2, 0) is 20.3 Å². The average molecular weight is 530 g/mol. The van der Waals surface area contributed by atoms with Crippen LogP contribution in [-0.4, -0.2) is 72.6 Å². The first-order chi connectivity index (χ1) is 17.7. The first kappa shape index (κ1) is 26.1. The highest BCUT2D eigenvalue weighted by molar-refractivity contribution is 7.89. The number of benzene rings is 1. The summed E-state index contributed by atoms with van der Waals surface area (Å²) in [6.07, 6.45) is 1.28. The first-order valence-corrected chi connectivity index (χ1v) is 13.0. The molecule has 0 radical (unpaired) electrons. The number of likely N-dealkylation sites (tertiary alicyclic amines) is 1. The van der Waals surface area contributed by atoms with Crippen molar-refractivity contribution in [3.05, 3.63) is 46.9 Å². The van der Waals surface area contributed by atoms with E-state index in [0.717, 1.165) is 0 Å². The number of aromatic nitrogens is 3. The second-order valence-corrected chi connectivity index (χ2v) is 10.5. The van der Waals surface area contributed by atoms with Gasteiger partial charge in [-0.15, -0.1) is 0 Å². The maximum Gasteiger partial charge on any atom is 0.407 e. The summed E-state index contributed by atoms with van der Waals surface area (Å²) in [5, 5.41) is 27.0. The molecule has 4 N–H and O–H groups in total. The molecular weight excluding hydrogens is 502 g/mol. The van der Waals surface area contributed by atoms with Gasteiger partial charge in [-0.25, -0.2) is 17.9 Å². The average Bonchev–Trinajstić information content (AvgIpc) is 3.25. The molecule has 0 unspecified atom stereocenters. The van der Waals surface area contributed by atoms with E-state index >= 15 is 0 Å². The van der Waals surface area contributed by atoms with Gasteiger partial charge in [0.1, 0.15) is 5.39 Å². The van der Waals surface area contributed by atoms with E-state index in [-0.39, 0.29) is 54.3 Å². The van der Waals surface area contributed by atoms with Crippen molar-refractivity contribution < 1.29 is 23.1 Å². The van der Waals surface area contributed by atoms with Gasteiger partial charge in [0.2, 0.25) is 10.0 Å². The number of aromatic amines is 1. The van der Waals surface area contributed by atoms with Crippen molar-refractivity contribution in [2.24, 2.45) is 0 Å². The smallest absolute Gasteiger partial charge is 0.407 e. The fourth-order valence-corrected chi connectivity index (χ4v) is 5.48. The number of amides is 1. The third-order valence-corrected chi connectivity index (χ3v) is 7.93. The van der Waals surface area contributed by atoms with E-state index in [0.29, 0.717) is 24.0 Å². The molecule has 2 aromatic heterocycles. The number of rotatable bonds is 9. The van der Waals surface area contributed by atoms with Crippen LogP contribution in [0.15, 0.2) is 46.2 Å². The lowest BCUT2D eigenvalue weighted by molar-refractivity contribution is 0.0912. The number of nitriles is 1. The lowest BCUT2D eigenvalue weighted by Crippen LogP contribution is -2.48. The van der Waals surface area contributed by atoms with E-state index < -0.39 is 21.7 Å². The normalized spacial score (nSPS) is 15.4. The topological polar surface area (TPSA) is 182 Å². The molecule has 14 heteroatoms. The maximum atomic E-state index is 12.8. The maximum absolute atomic E-state index is 12.8. The molecule has 0 aliphatic carbocycles. The molecule has 37 heavy (non-hydrogen) atoms. The summed E-state index contributed by atoms with van der Waals surface area (Å²) in [6.45, 7) is 0.849. The standard InChI is InChI=1S/C23H27N7O6S/c1-36-15-12-26-37(34,35)17-4-2-16(3-5-17)27-20-19-18(6-11-25-21(19)31)30(28-20)23(7-10-24)8-13-29(14-9-23)22(32)33/h2-6,11,26H,7-9,12-15H2,1H3,(H,25,31)(H,27,28)(H,32,33). The molecule has 0 saturated carbocycles. The van der Waals surface area contributed by atoms with Gasteiger partial charge in [0.05, 0.1) is 35.0 Å². The number of carbonyl (C=O) groups is 1. The second-order valence-electron chi connectivity index (χ2n) is 8.70. The molecule has 3 aromatic rings. The Labute approximate surface area is 212 Å². The van der Waals surface area contributed by atoms with Crippen molar-refractivity contribution in [2.45, 2.75) is 29.7 Å². The predicted octanol–water partition coefficient (Wildman–Crippen LogP) is 1.78. The summed E-state index contributed by atoms with van der Waals surface area (Å²) in [5.74, 6) is 0.239. The lowest BCUT2D eigenvalue weighted by atomic mass is 9.85. The summed E-state index contributed by atoms with van der Waals surface area (Å²) >= 11 is 0. The van der Waals surface area contributed by atoms with Crippen molar-refractivity contribution in [1.82, 2.24) is 24.4 Å². The quantitative estimate of drug-likeness (QED) is 0.300. The zero-order valence-electron chi connectivity index (χ0n) is 20.1. The number of H-pyrrole nitrogens is 1. The van der Waals surface area contributed by atoms with Crippen LogP contribution in [0.2, 0.25) is 0 Å². The first-order valence-electron chi connectivity index (χ1n) is 11.5. The van der Waals surface area contributed by atoms with E-state index in [1.807, 2.05) is 0 Å². The van der Waals surface area contributed by atoms with Crippen molar-refractivity contribution in [3.8, 4) is 6.07 Å². The van der Waals surface area contributed by atoms with Crippen molar-refractivity contribution in [3.63, 3.8) is 0 Å². The number of fused-ring (bicyclic) bond motifs is 1. The molecule has 1 saturated heterocycles. The molecular formula is C23H27N7O6S. The Hall–Kier alpha value is -3.93. The highest BCUT2D eigenvalue weighted by Crippen LogP contribution is 2.37. The Kier molecular flexibility index (Phi) is 7.48. The van der Waals surface area contributed by atoms with Crippen LogP contribution in [0.5, 0.6) is 0 Å². The van der Waals surface area contributed by atoms with Gasteiger partial charge in [-0.2, -0.15) is 10.4 Å². The number of methoxy groups -OCH3 is 1. The largest absolute Gasteiger partial charge is 0.465 e. The molecule has 3 heterocycles. The molecule has 196 valence electrons. The molecule has 1 aromatic carbocycles. The molecule has 1 aliphatic rings. The number of hydrogen-bond donors (Lipinski definition) is 4. The zero-order chi connectivity index (χ0) is 26.6. The van der Waals surface area contributed by atoms with Crippen LogP contribution in [0.3, 0.4) is 0 Å². The fourth-order valence-electron chi connectivity index (χ4n) is 4.47. The van der Waals surface area contributed by atoms with Crippen molar-refractivity contribution in [1.29, 1.82) is 5.26 Å². The van der Waals surface area contributed by atoms with Crippen molar-refractivity contribution >= 4 is 38.5 Å². The number of hydrogen-bond acceptors (Lipinski definition) is 8. The zero-order valence-corrected chi connectivity index (χ0v) is 20.9. The number of nitrogens with one attached hydrogen (secondary N) is 3. The third-order valence-electron chi connectivity index (χ3n) is 6.45. The van der Waals surface area contributed by atoms with E-state index in [1.54, 1.807) is 22.9 Å². The van der Waals surface area contributed by atoms with Crippen molar-refractivity contribution in [2.75, 3.05) is 38.7 Å². The molecule has 0 spiro atoms. The van der Waals surface area contributed by atoms with Gasteiger partial charge >= 0.3 is 6.09 Å². The second kappa shape index (κ2) is 10.6. The minimum Gasteiger partial charge on any atom is -0.465 e. The number of anilines is 2. The molecule has 4 rings (SSSR count). The molecule has 0 atom stereocenters. The molecule has 13 nitrogen and oxygen atoms in total. The van der Waals surface area contributed by atoms with Gasteiger partial charge in [-0.1, -0.05) is 0 Å². The molecule has 0 bridgehead atoms. The minimum atomic E-state index is -3.71. The number of carboxylic acid groups (broad SMARTS) is 1. The lowest BCUT2D eigenvalue weighted by Gasteiger charge is -2.40. The molecule has 1 amide bonds. The number of nitrogens with zero attached hydrogens (tertiary/aromatic N) is 4. The Bertz CT molecular complexity index is 1480. The van der Waals surface area contributed by atoms with Crippen LogP contribution >= 0.6 is 0 Å². The summed E-state index contributed by atoms with van der Waals surface area (Å²) < 4.78 is 33.8. The van der Waals surface area contributed by atoms with E-state index in [1.165, 1.54) is 30.3 Å². The summed E-state index contributed by atoms with van der Waals surface area (Å²) in [5.41, 5.74) is -0.172. The van der Waals surface area contributed by atoms with Gasteiger partial charge < -0.3 is 25.0 Å². The Morgan fingerprint density at radius 2 is 1.97 bits per heavy atom. The monoisotopic (exact) mass is 529 g/mol. The Morgan fingerprint density at radius 1 is 1.27 bits per heavy atom. The van der Waals surface area contributed by atoms with E-state index in [2.05, 4.69) is 26.2 Å². The van der Waals surface area contributed by atoms with Crippen LogP contribution in [0.1, 0.15) is 19.3 Å². The molecule has 1 aliphatic heterocycles. The predicted molar refractivity (Wildman–Crippen MR) is 134 cm³/mol. The highest BCUT2D eigenvalue weighted by atomic mass is 32.2. The number of piperidine rings is 1. The van der Waals surface area contributed by atoms with Crippen LogP contribution in [0.4, 0.5) is 16.3 Å². The minimum absolute atomic E-state index is 0.0700. The summed E-state index contributed by atoms with van der Waals surface area (Å²) in [6, 6.07) is 9.87. The van der Waals surface area contributed by atoms with Crippen LogP contribution in [0, 0.1) is 11.3 Å².